The number of carbonyl (C=O) groups excluding carboxylic acids is 1. The molecule has 0 N–H and O–H groups in total. The summed E-state index contributed by atoms with van der Waals surface area (Å²) in [5.41, 5.74) is 1.32. The van der Waals surface area contributed by atoms with E-state index >= 15 is 0 Å². The third-order valence-electron chi connectivity index (χ3n) is 2.81. The molecule has 1 aromatic carbocycles. The summed E-state index contributed by atoms with van der Waals surface area (Å²) in [6, 6.07) is 7.31. The second-order valence-electron chi connectivity index (χ2n) is 4.11. The van der Waals surface area contributed by atoms with E-state index in [1.54, 1.807) is 0 Å². The summed E-state index contributed by atoms with van der Waals surface area (Å²) in [6.45, 7) is -0.564. The van der Waals surface area contributed by atoms with Gasteiger partial charge >= 0.3 is 0 Å². The molecule has 2 rings (SSSR count). The molecular formula is C13H11BrF2INO. The maximum Gasteiger partial charge on any atom is 0.256 e. The lowest BCUT2D eigenvalue weighted by Crippen LogP contribution is -2.40. The highest BCUT2D eigenvalue weighted by Crippen LogP contribution is 2.33. The predicted molar refractivity (Wildman–Crippen MR) is 82.3 cm³/mol. The summed E-state index contributed by atoms with van der Waals surface area (Å²) in [5.74, 6) is -0.255. The fourth-order valence-corrected chi connectivity index (χ4v) is 3.04. The van der Waals surface area contributed by atoms with Crippen LogP contribution < -0.4 is 0 Å². The van der Waals surface area contributed by atoms with Gasteiger partial charge < -0.3 is 4.90 Å². The van der Waals surface area contributed by atoms with Gasteiger partial charge in [0.1, 0.15) is 0 Å². The number of rotatable bonds is 3. The van der Waals surface area contributed by atoms with Crippen LogP contribution in [-0.2, 0) is 4.79 Å². The lowest BCUT2D eigenvalue weighted by atomic mass is 10.0. The molecule has 0 fully saturated rings. The summed E-state index contributed by atoms with van der Waals surface area (Å²) < 4.78 is 25.9. The van der Waals surface area contributed by atoms with E-state index < -0.39 is 13.0 Å². The topological polar surface area (TPSA) is 20.3 Å². The Morgan fingerprint density at radius 3 is 2.74 bits per heavy atom. The summed E-state index contributed by atoms with van der Waals surface area (Å²) in [7, 11) is 0. The van der Waals surface area contributed by atoms with Crippen LogP contribution in [0.5, 0.6) is 0 Å². The molecule has 1 amide bonds. The fraction of sp³-hybridized carbons (Fsp3) is 0.308. The first-order valence-electron chi connectivity index (χ1n) is 5.69. The summed E-state index contributed by atoms with van der Waals surface area (Å²) in [6.07, 6.45) is -0.131. The molecule has 1 aliphatic heterocycles. The Balaban J connectivity index is 2.41. The maximum atomic E-state index is 12.7. The molecule has 1 unspecified atom stereocenters. The normalized spacial score (nSPS) is 19.8. The quantitative estimate of drug-likeness (QED) is 0.511. The van der Waals surface area contributed by atoms with E-state index in [0.29, 0.717) is 12.1 Å². The zero-order chi connectivity index (χ0) is 14.0. The first-order valence-corrected chi connectivity index (χ1v) is 7.73. The van der Waals surface area contributed by atoms with Gasteiger partial charge in [-0.2, -0.15) is 0 Å². The van der Waals surface area contributed by atoms with E-state index in [0.717, 1.165) is 10.0 Å². The zero-order valence-electron chi connectivity index (χ0n) is 9.82. The molecule has 1 aliphatic rings. The standard InChI is InChI=1S/C13H11BrF2INO/c14-9-4-2-1-3-8(9)11-6-5-10(17)13(19)18(11)7-12(15)16/h1-4,6,10,12H,5,7H2. The summed E-state index contributed by atoms with van der Waals surface area (Å²) >= 11 is 5.38. The molecule has 19 heavy (non-hydrogen) atoms. The van der Waals surface area contributed by atoms with Crippen molar-refractivity contribution in [2.24, 2.45) is 0 Å². The van der Waals surface area contributed by atoms with Crippen LogP contribution in [0.3, 0.4) is 0 Å². The number of alkyl halides is 3. The Hall–Kier alpha value is -0.500. The maximum absolute atomic E-state index is 12.7. The van der Waals surface area contributed by atoms with E-state index in [1.807, 2.05) is 52.9 Å². The van der Waals surface area contributed by atoms with Gasteiger partial charge in [0, 0.05) is 15.7 Å². The van der Waals surface area contributed by atoms with Crippen LogP contribution in [0.1, 0.15) is 12.0 Å². The molecule has 0 radical (unpaired) electrons. The number of allylic oxidation sites excluding steroid dienone is 1. The molecule has 0 saturated heterocycles. The Morgan fingerprint density at radius 2 is 2.11 bits per heavy atom. The fourth-order valence-electron chi connectivity index (χ4n) is 1.96. The van der Waals surface area contributed by atoms with Crippen molar-refractivity contribution in [1.29, 1.82) is 0 Å². The molecule has 1 atom stereocenters. The van der Waals surface area contributed by atoms with E-state index in [2.05, 4.69) is 15.9 Å². The first-order chi connectivity index (χ1) is 9.00. The van der Waals surface area contributed by atoms with Gasteiger partial charge in [-0.25, -0.2) is 8.78 Å². The lowest BCUT2D eigenvalue weighted by Gasteiger charge is -2.31. The largest absolute Gasteiger partial charge is 0.305 e. The molecule has 6 heteroatoms. The Kier molecular flexibility index (Phi) is 4.94. The van der Waals surface area contributed by atoms with Gasteiger partial charge in [-0.1, -0.05) is 62.8 Å². The van der Waals surface area contributed by atoms with Gasteiger partial charge in [0.25, 0.3) is 6.43 Å². The minimum Gasteiger partial charge on any atom is -0.305 e. The van der Waals surface area contributed by atoms with Crippen LogP contribution in [0.15, 0.2) is 34.8 Å². The van der Waals surface area contributed by atoms with Crippen molar-refractivity contribution in [3.63, 3.8) is 0 Å². The van der Waals surface area contributed by atoms with Crippen molar-refractivity contribution >= 4 is 50.1 Å². The molecule has 0 aliphatic carbocycles. The second kappa shape index (κ2) is 6.30. The number of halogens is 4. The number of nitrogens with zero attached hydrogens (tertiary/aromatic N) is 1. The van der Waals surface area contributed by atoms with Gasteiger partial charge in [-0.3, -0.25) is 4.79 Å². The van der Waals surface area contributed by atoms with Crippen molar-refractivity contribution in [3.8, 4) is 0 Å². The predicted octanol–water partition coefficient (Wildman–Crippen LogP) is 4.09. The molecule has 102 valence electrons. The molecule has 0 aromatic heterocycles. The van der Waals surface area contributed by atoms with Gasteiger partial charge in [0.05, 0.1) is 10.5 Å². The third-order valence-corrected chi connectivity index (χ3v) is 4.55. The van der Waals surface area contributed by atoms with Gasteiger partial charge in [-0.05, 0) is 12.5 Å². The highest BCUT2D eigenvalue weighted by molar-refractivity contribution is 14.1. The Bertz CT molecular complexity index is 521. The minimum atomic E-state index is -2.54. The molecular weight excluding hydrogens is 431 g/mol. The monoisotopic (exact) mass is 441 g/mol. The van der Waals surface area contributed by atoms with Crippen molar-refractivity contribution < 1.29 is 13.6 Å². The van der Waals surface area contributed by atoms with E-state index in [-0.39, 0.29) is 9.83 Å². The molecule has 0 spiro atoms. The summed E-state index contributed by atoms with van der Waals surface area (Å²) in [4.78, 5) is 13.3. The summed E-state index contributed by atoms with van der Waals surface area (Å²) in [5, 5.41) is 0. The number of hydrogen-bond donors (Lipinski definition) is 0. The number of amides is 1. The number of benzene rings is 1. The molecule has 2 nitrogen and oxygen atoms in total. The molecule has 0 saturated carbocycles. The smallest absolute Gasteiger partial charge is 0.256 e. The molecule has 1 heterocycles. The van der Waals surface area contributed by atoms with E-state index in [9.17, 15) is 13.6 Å². The Morgan fingerprint density at radius 1 is 1.42 bits per heavy atom. The first kappa shape index (κ1) is 14.9. The van der Waals surface area contributed by atoms with Crippen LogP contribution in [-0.4, -0.2) is 27.7 Å². The van der Waals surface area contributed by atoms with E-state index in [1.165, 1.54) is 4.90 Å². The van der Waals surface area contributed by atoms with E-state index in [4.69, 9.17) is 0 Å². The average molecular weight is 442 g/mol. The van der Waals surface area contributed by atoms with Crippen molar-refractivity contribution in [2.45, 2.75) is 16.8 Å². The van der Waals surface area contributed by atoms with Crippen LogP contribution in [0.25, 0.3) is 5.70 Å². The number of hydrogen-bond acceptors (Lipinski definition) is 1. The third kappa shape index (κ3) is 3.34. The Labute approximate surface area is 132 Å². The van der Waals surface area contributed by atoms with Gasteiger partial charge in [-0.15, -0.1) is 0 Å². The molecule has 1 aromatic rings. The average Bonchev–Trinajstić information content (AvgIpc) is 2.36. The van der Waals surface area contributed by atoms with Gasteiger partial charge in [0.2, 0.25) is 5.91 Å². The zero-order valence-corrected chi connectivity index (χ0v) is 13.6. The number of carbonyl (C=O) groups is 1. The molecule has 0 bridgehead atoms. The SMILES string of the molecule is O=C1C(I)CC=C(c2ccccc2Br)N1CC(F)F. The van der Waals surface area contributed by atoms with Crippen molar-refractivity contribution in [1.82, 2.24) is 4.90 Å². The lowest BCUT2D eigenvalue weighted by molar-refractivity contribution is -0.128. The van der Waals surface area contributed by atoms with Crippen LogP contribution >= 0.6 is 38.5 Å². The van der Waals surface area contributed by atoms with Crippen molar-refractivity contribution in [2.75, 3.05) is 6.54 Å². The highest BCUT2D eigenvalue weighted by atomic mass is 127. The second-order valence-corrected chi connectivity index (χ2v) is 6.47. The highest BCUT2D eigenvalue weighted by Gasteiger charge is 2.31. The van der Waals surface area contributed by atoms with Gasteiger partial charge in [0.15, 0.2) is 0 Å². The minimum absolute atomic E-state index is 0.255. The van der Waals surface area contributed by atoms with Crippen LogP contribution in [0, 0.1) is 0 Å². The van der Waals surface area contributed by atoms with Crippen LogP contribution in [0.4, 0.5) is 8.78 Å². The van der Waals surface area contributed by atoms with Crippen molar-refractivity contribution in [3.05, 3.63) is 40.4 Å². The van der Waals surface area contributed by atoms with Crippen LogP contribution in [0.2, 0.25) is 0 Å².